The summed E-state index contributed by atoms with van der Waals surface area (Å²) in [4.78, 5) is 26.6. The molecule has 4 heterocycles. The number of sulfone groups is 1. The van der Waals surface area contributed by atoms with Crippen molar-refractivity contribution in [3.63, 3.8) is 0 Å². The molecule has 4 rings (SSSR count). The van der Waals surface area contributed by atoms with Gasteiger partial charge < -0.3 is 10.2 Å². The van der Waals surface area contributed by atoms with Crippen LogP contribution in [-0.2, 0) is 29.5 Å². The zero-order valence-corrected chi connectivity index (χ0v) is 16.6. The van der Waals surface area contributed by atoms with Gasteiger partial charge in [-0.3, -0.25) is 15.0 Å². The van der Waals surface area contributed by atoms with Crippen LogP contribution in [0.25, 0.3) is 0 Å². The lowest BCUT2D eigenvalue weighted by Crippen LogP contribution is -2.36. The molecule has 148 valence electrons. The molecule has 3 aromatic rings. The lowest BCUT2D eigenvalue weighted by molar-refractivity contribution is 0.198. The van der Waals surface area contributed by atoms with Gasteiger partial charge in [-0.05, 0) is 48.4 Å². The van der Waals surface area contributed by atoms with E-state index in [9.17, 15) is 13.2 Å². The monoisotopic (exact) mass is 409 g/mol. The van der Waals surface area contributed by atoms with Gasteiger partial charge in [0.2, 0.25) is 9.84 Å². The third-order valence-electron chi connectivity index (χ3n) is 4.74. The second-order valence-electron chi connectivity index (χ2n) is 6.78. The number of pyridine rings is 3. The van der Waals surface area contributed by atoms with E-state index >= 15 is 0 Å². The average Bonchev–Trinajstić information content (AvgIpc) is 3.17. The lowest BCUT2D eigenvalue weighted by Gasteiger charge is -2.16. The van der Waals surface area contributed by atoms with Crippen molar-refractivity contribution in [1.29, 1.82) is 0 Å². The molecule has 8 nitrogen and oxygen atoms in total. The molecule has 0 fully saturated rings. The van der Waals surface area contributed by atoms with Gasteiger partial charge in [-0.15, -0.1) is 0 Å². The summed E-state index contributed by atoms with van der Waals surface area (Å²) in [6, 6.07) is 7.96. The molecule has 0 aromatic carbocycles. The van der Waals surface area contributed by atoms with Crippen molar-refractivity contribution in [2.75, 3.05) is 0 Å². The zero-order valence-electron chi connectivity index (χ0n) is 15.7. The van der Waals surface area contributed by atoms with E-state index in [2.05, 4.69) is 20.3 Å². The molecule has 0 saturated carbocycles. The molecule has 29 heavy (non-hydrogen) atoms. The van der Waals surface area contributed by atoms with E-state index in [1.54, 1.807) is 36.4 Å². The maximum absolute atomic E-state index is 12.6. The Bertz CT molecular complexity index is 1120. The van der Waals surface area contributed by atoms with Crippen molar-refractivity contribution in [2.24, 2.45) is 0 Å². The summed E-state index contributed by atoms with van der Waals surface area (Å²) in [5.41, 5.74) is 3.44. The SMILES string of the molecule is Cc1ccc(S(=O)(=O)c2ccc(CNC(=O)N3Cc4ccncc4C3)nc2)cn1. The number of amides is 2. The highest BCUT2D eigenvalue weighted by Crippen LogP contribution is 2.22. The Hall–Kier alpha value is -3.33. The van der Waals surface area contributed by atoms with Crippen molar-refractivity contribution in [1.82, 2.24) is 25.2 Å². The number of nitrogens with one attached hydrogen (secondary N) is 1. The number of rotatable bonds is 4. The largest absolute Gasteiger partial charge is 0.332 e. The van der Waals surface area contributed by atoms with E-state index < -0.39 is 9.84 Å². The fourth-order valence-electron chi connectivity index (χ4n) is 3.07. The van der Waals surface area contributed by atoms with E-state index in [-0.39, 0.29) is 22.4 Å². The molecule has 2 amide bonds. The van der Waals surface area contributed by atoms with Gasteiger partial charge in [0, 0.05) is 43.6 Å². The Balaban J connectivity index is 1.39. The number of fused-ring (bicyclic) bond motifs is 1. The predicted octanol–water partition coefficient (Wildman–Crippen LogP) is 2.24. The highest BCUT2D eigenvalue weighted by atomic mass is 32.2. The van der Waals surface area contributed by atoms with E-state index in [1.165, 1.54) is 24.5 Å². The van der Waals surface area contributed by atoms with E-state index in [0.29, 0.717) is 18.8 Å². The van der Waals surface area contributed by atoms with Crippen molar-refractivity contribution in [2.45, 2.75) is 36.3 Å². The Morgan fingerprint density at radius 1 is 1.00 bits per heavy atom. The first-order valence-electron chi connectivity index (χ1n) is 9.01. The molecule has 0 bridgehead atoms. The van der Waals surface area contributed by atoms with Crippen LogP contribution >= 0.6 is 0 Å². The summed E-state index contributed by atoms with van der Waals surface area (Å²) in [5.74, 6) is 0. The third-order valence-corrected chi connectivity index (χ3v) is 6.46. The second-order valence-corrected chi connectivity index (χ2v) is 8.73. The van der Waals surface area contributed by atoms with Gasteiger partial charge in [0.1, 0.15) is 0 Å². The second kappa shape index (κ2) is 7.59. The molecule has 1 aliphatic rings. The van der Waals surface area contributed by atoms with Crippen LogP contribution in [0.5, 0.6) is 0 Å². The van der Waals surface area contributed by atoms with Gasteiger partial charge in [-0.25, -0.2) is 13.2 Å². The predicted molar refractivity (Wildman–Crippen MR) is 104 cm³/mol. The number of carbonyl (C=O) groups excluding carboxylic acids is 1. The van der Waals surface area contributed by atoms with Gasteiger partial charge in [-0.1, -0.05) is 0 Å². The number of hydrogen-bond acceptors (Lipinski definition) is 6. The van der Waals surface area contributed by atoms with E-state index in [0.717, 1.165) is 16.8 Å². The number of aromatic nitrogens is 3. The topological polar surface area (TPSA) is 105 Å². The zero-order chi connectivity index (χ0) is 20.4. The summed E-state index contributed by atoms with van der Waals surface area (Å²) in [5, 5.41) is 2.82. The van der Waals surface area contributed by atoms with Crippen LogP contribution < -0.4 is 5.32 Å². The van der Waals surface area contributed by atoms with Crippen LogP contribution in [0.2, 0.25) is 0 Å². The summed E-state index contributed by atoms with van der Waals surface area (Å²) in [6.45, 7) is 3.05. The van der Waals surface area contributed by atoms with Crippen LogP contribution in [0.15, 0.2) is 64.9 Å². The van der Waals surface area contributed by atoms with Crippen LogP contribution in [0.1, 0.15) is 22.5 Å². The molecule has 0 radical (unpaired) electrons. The van der Waals surface area contributed by atoms with Gasteiger partial charge >= 0.3 is 6.03 Å². The Kier molecular flexibility index (Phi) is 4.98. The lowest BCUT2D eigenvalue weighted by atomic mass is 10.2. The van der Waals surface area contributed by atoms with Crippen molar-refractivity contribution in [3.05, 3.63) is 77.6 Å². The quantitative estimate of drug-likeness (QED) is 0.708. The van der Waals surface area contributed by atoms with Gasteiger partial charge in [-0.2, -0.15) is 0 Å². The third kappa shape index (κ3) is 3.95. The summed E-state index contributed by atoms with van der Waals surface area (Å²) in [7, 11) is -3.67. The molecular formula is C20H19N5O3S. The average molecular weight is 409 g/mol. The van der Waals surface area contributed by atoms with Crippen LogP contribution in [0.3, 0.4) is 0 Å². The molecule has 1 N–H and O–H groups in total. The molecule has 1 aliphatic heterocycles. The minimum atomic E-state index is -3.67. The summed E-state index contributed by atoms with van der Waals surface area (Å²) in [6.07, 6.45) is 6.12. The van der Waals surface area contributed by atoms with Gasteiger partial charge in [0.05, 0.1) is 22.0 Å². The van der Waals surface area contributed by atoms with Crippen LogP contribution in [0.4, 0.5) is 4.79 Å². The number of aryl methyl sites for hydroxylation is 1. The molecule has 0 unspecified atom stereocenters. The maximum Gasteiger partial charge on any atom is 0.318 e. The Morgan fingerprint density at radius 2 is 1.72 bits per heavy atom. The summed E-state index contributed by atoms with van der Waals surface area (Å²) < 4.78 is 25.3. The molecule has 9 heteroatoms. The van der Waals surface area contributed by atoms with Crippen LogP contribution in [0, 0.1) is 6.92 Å². The van der Waals surface area contributed by atoms with Crippen molar-refractivity contribution >= 4 is 15.9 Å². The highest BCUT2D eigenvalue weighted by Gasteiger charge is 2.23. The molecule has 3 aromatic heterocycles. The molecular weight excluding hydrogens is 390 g/mol. The smallest absolute Gasteiger partial charge is 0.318 e. The minimum absolute atomic E-state index is 0.0840. The fourth-order valence-corrected chi connectivity index (χ4v) is 4.21. The first kappa shape index (κ1) is 19.0. The Labute approximate surface area is 168 Å². The number of hydrogen-bond donors (Lipinski definition) is 1. The number of carbonyl (C=O) groups is 1. The van der Waals surface area contributed by atoms with E-state index in [1.807, 2.05) is 6.07 Å². The molecule has 0 atom stereocenters. The first-order chi connectivity index (χ1) is 13.9. The standard InChI is InChI=1S/C20H19N5O3S/c1-14-2-4-18(10-22-14)29(27,28)19-5-3-17(23-11-19)9-24-20(26)25-12-15-6-7-21-8-16(15)13-25/h2-8,10-11H,9,12-13H2,1H3,(H,24,26). The van der Waals surface area contributed by atoms with Crippen molar-refractivity contribution in [3.8, 4) is 0 Å². The highest BCUT2D eigenvalue weighted by molar-refractivity contribution is 7.91. The van der Waals surface area contributed by atoms with Crippen molar-refractivity contribution < 1.29 is 13.2 Å². The van der Waals surface area contributed by atoms with Crippen LogP contribution in [-0.4, -0.2) is 34.3 Å². The Morgan fingerprint density at radius 3 is 2.38 bits per heavy atom. The molecule has 0 aliphatic carbocycles. The first-order valence-corrected chi connectivity index (χ1v) is 10.5. The number of urea groups is 1. The van der Waals surface area contributed by atoms with E-state index in [4.69, 9.17) is 0 Å². The van der Waals surface area contributed by atoms with Gasteiger partial charge in [0.25, 0.3) is 0 Å². The maximum atomic E-state index is 12.6. The summed E-state index contributed by atoms with van der Waals surface area (Å²) >= 11 is 0. The number of nitrogens with zero attached hydrogens (tertiary/aromatic N) is 4. The normalized spacial score (nSPS) is 13.2. The van der Waals surface area contributed by atoms with Gasteiger partial charge in [0.15, 0.2) is 0 Å². The minimum Gasteiger partial charge on any atom is -0.332 e. The fraction of sp³-hybridized carbons (Fsp3) is 0.200. The molecule has 0 saturated heterocycles. The molecule has 0 spiro atoms.